The Bertz CT molecular complexity index is 387. The van der Waals surface area contributed by atoms with Gasteiger partial charge in [-0.2, -0.15) is 0 Å². The minimum Gasteiger partial charge on any atom is -0.409 e. The molecule has 20 heavy (non-hydrogen) atoms. The van der Waals surface area contributed by atoms with Crippen molar-refractivity contribution in [2.45, 2.75) is 64.8 Å². The highest BCUT2D eigenvalue weighted by Crippen LogP contribution is 2.45. The van der Waals surface area contributed by atoms with Gasteiger partial charge in [0.15, 0.2) is 5.84 Å². The predicted molar refractivity (Wildman–Crippen MR) is 78.5 cm³/mol. The zero-order valence-corrected chi connectivity index (χ0v) is 12.6. The molecule has 1 amide bonds. The zero-order valence-electron chi connectivity index (χ0n) is 12.6. The molecule has 0 aromatic rings. The van der Waals surface area contributed by atoms with Gasteiger partial charge in [-0.25, -0.2) is 0 Å². The summed E-state index contributed by atoms with van der Waals surface area (Å²) < 4.78 is 0. The van der Waals surface area contributed by atoms with E-state index in [9.17, 15) is 4.79 Å². The van der Waals surface area contributed by atoms with Crippen molar-refractivity contribution >= 4 is 11.7 Å². The smallest absolute Gasteiger partial charge is 0.229 e. The van der Waals surface area contributed by atoms with E-state index in [1.807, 2.05) is 4.90 Å². The third-order valence-electron chi connectivity index (χ3n) is 4.78. The van der Waals surface area contributed by atoms with Crippen molar-refractivity contribution in [3.63, 3.8) is 0 Å². The molecule has 5 nitrogen and oxygen atoms in total. The van der Waals surface area contributed by atoms with Gasteiger partial charge in [-0.05, 0) is 38.0 Å². The van der Waals surface area contributed by atoms with Gasteiger partial charge in [0.05, 0.1) is 6.04 Å². The first-order valence-corrected chi connectivity index (χ1v) is 7.78. The number of amides is 1. The van der Waals surface area contributed by atoms with Crippen LogP contribution in [0.1, 0.15) is 58.8 Å². The maximum absolute atomic E-state index is 13.1. The maximum atomic E-state index is 13.1. The number of likely N-dealkylation sites (tertiary alicyclic amines) is 1. The summed E-state index contributed by atoms with van der Waals surface area (Å²) in [6.07, 6.45) is 6.95. The lowest BCUT2D eigenvalue weighted by molar-refractivity contribution is -0.142. The molecule has 1 saturated heterocycles. The van der Waals surface area contributed by atoms with Gasteiger partial charge in [0, 0.05) is 12.0 Å². The van der Waals surface area contributed by atoms with Crippen LogP contribution < -0.4 is 5.73 Å². The lowest BCUT2D eigenvalue weighted by atomic mass is 9.77. The standard InChI is InChI=1S/C15H27N3O2/c1-11(2)10-15(7-3-4-8-15)14(19)18-9-5-6-12(18)13(16)17-20/h11-12,20H,3-10H2,1-2H3,(H2,16,17). The van der Waals surface area contributed by atoms with Gasteiger partial charge in [0.25, 0.3) is 0 Å². The predicted octanol–water partition coefficient (Wildman–Crippen LogP) is 2.33. The topological polar surface area (TPSA) is 78.9 Å². The number of rotatable bonds is 4. The van der Waals surface area contributed by atoms with E-state index >= 15 is 0 Å². The van der Waals surface area contributed by atoms with Crippen molar-refractivity contribution in [2.75, 3.05) is 6.54 Å². The highest BCUT2D eigenvalue weighted by molar-refractivity contribution is 5.92. The number of amidine groups is 1. The molecule has 5 heteroatoms. The summed E-state index contributed by atoms with van der Waals surface area (Å²) in [5, 5.41) is 12.0. The molecule has 1 atom stereocenters. The van der Waals surface area contributed by atoms with Crippen LogP contribution in [0, 0.1) is 11.3 Å². The van der Waals surface area contributed by atoms with Crippen LogP contribution in [0.5, 0.6) is 0 Å². The molecule has 0 aromatic heterocycles. The van der Waals surface area contributed by atoms with E-state index in [-0.39, 0.29) is 23.2 Å². The second-order valence-electron chi connectivity index (χ2n) is 6.77. The molecule has 1 aliphatic heterocycles. The Morgan fingerprint density at radius 1 is 1.40 bits per heavy atom. The van der Waals surface area contributed by atoms with Crippen molar-refractivity contribution in [3.05, 3.63) is 0 Å². The lowest BCUT2D eigenvalue weighted by Crippen LogP contribution is -2.50. The minimum absolute atomic E-state index is 0.175. The van der Waals surface area contributed by atoms with Gasteiger partial charge in [-0.15, -0.1) is 0 Å². The Labute approximate surface area is 121 Å². The average molecular weight is 281 g/mol. The van der Waals surface area contributed by atoms with E-state index in [0.29, 0.717) is 5.92 Å². The molecule has 2 rings (SSSR count). The SMILES string of the molecule is CC(C)CC1(C(=O)N2CCCC2C(N)=NO)CCCC1. The van der Waals surface area contributed by atoms with E-state index in [1.165, 1.54) is 0 Å². The molecule has 1 aliphatic carbocycles. The third kappa shape index (κ3) is 2.76. The summed E-state index contributed by atoms with van der Waals surface area (Å²) >= 11 is 0. The van der Waals surface area contributed by atoms with E-state index in [2.05, 4.69) is 19.0 Å². The van der Waals surface area contributed by atoms with Crippen molar-refractivity contribution in [3.8, 4) is 0 Å². The van der Waals surface area contributed by atoms with Crippen molar-refractivity contribution in [2.24, 2.45) is 22.2 Å². The summed E-state index contributed by atoms with van der Waals surface area (Å²) in [6, 6.07) is -0.211. The first-order chi connectivity index (χ1) is 9.50. The first kappa shape index (κ1) is 15.1. The Kier molecular flexibility index (Phi) is 4.55. The van der Waals surface area contributed by atoms with Crippen LogP contribution in [0.4, 0.5) is 0 Å². The van der Waals surface area contributed by atoms with Gasteiger partial charge in [-0.3, -0.25) is 4.79 Å². The Morgan fingerprint density at radius 3 is 2.60 bits per heavy atom. The van der Waals surface area contributed by atoms with Crippen LogP contribution in [0.25, 0.3) is 0 Å². The van der Waals surface area contributed by atoms with Crippen LogP contribution in [0.15, 0.2) is 5.16 Å². The molecule has 0 radical (unpaired) electrons. The van der Waals surface area contributed by atoms with Gasteiger partial charge < -0.3 is 15.8 Å². The summed E-state index contributed by atoms with van der Waals surface area (Å²) in [5.41, 5.74) is 5.55. The molecule has 2 aliphatic rings. The summed E-state index contributed by atoms with van der Waals surface area (Å²) in [6.45, 7) is 5.09. The lowest BCUT2D eigenvalue weighted by Gasteiger charge is -2.36. The van der Waals surface area contributed by atoms with E-state index in [1.54, 1.807) is 0 Å². The summed E-state index contributed by atoms with van der Waals surface area (Å²) in [5.74, 6) is 0.924. The second kappa shape index (κ2) is 6.02. The molecular weight excluding hydrogens is 254 g/mol. The molecule has 3 N–H and O–H groups in total. The number of carbonyl (C=O) groups excluding carboxylic acids is 1. The average Bonchev–Trinajstić information content (AvgIpc) is 3.05. The molecule has 0 spiro atoms. The highest BCUT2D eigenvalue weighted by Gasteiger charge is 2.46. The number of oxime groups is 1. The van der Waals surface area contributed by atoms with Crippen molar-refractivity contribution < 1.29 is 10.0 Å². The number of nitrogens with zero attached hydrogens (tertiary/aromatic N) is 2. The molecule has 1 heterocycles. The largest absolute Gasteiger partial charge is 0.409 e. The Morgan fingerprint density at radius 2 is 2.05 bits per heavy atom. The fourth-order valence-electron chi connectivity index (χ4n) is 4.03. The van der Waals surface area contributed by atoms with Crippen LogP contribution >= 0.6 is 0 Å². The molecule has 114 valence electrons. The van der Waals surface area contributed by atoms with Crippen LogP contribution in [-0.4, -0.2) is 34.4 Å². The molecule has 0 bridgehead atoms. The van der Waals surface area contributed by atoms with E-state index in [0.717, 1.165) is 51.5 Å². The molecule has 2 fully saturated rings. The van der Waals surface area contributed by atoms with Crippen molar-refractivity contribution in [1.82, 2.24) is 4.90 Å². The summed E-state index contributed by atoms with van der Waals surface area (Å²) in [7, 11) is 0. The van der Waals surface area contributed by atoms with Crippen LogP contribution in [0.2, 0.25) is 0 Å². The summed E-state index contributed by atoms with van der Waals surface area (Å²) in [4.78, 5) is 14.9. The molecule has 0 aromatic carbocycles. The van der Waals surface area contributed by atoms with Gasteiger partial charge in [-0.1, -0.05) is 31.8 Å². The minimum atomic E-state index is -0.211. The fraction of sp³-hybridized carbons (Fsp3) is 0.867. The second-order valence-corrected chi connectivity index (χ2v) is 6.77. The quantitative estimate of drug-likeness (QED) is 0.359. The molecular formula is C15H27N3O2. The molecule has 1 unspecified atom stereocenters. The van der Waals surface area contributed by atoms with Gasteiger partial charge in [0.2, 0.25) is 5.91 Å². The monoisotopic (exact) mass is 281 g/mol. The number of nitrogens with two attached hydrogens (primary N) is 1. The first-order valence-electron chi connectivity index (χ1n) is 7.78. The van der Waals surface area contributed by atoms with E-state index < -0.39 is 0 Å². The highest BCUT2D eigenvalue weighted by atomic mass is 16.4. The maximum Gasteiger partial charge on any atom is 0.229 e. The van der Waals surface area contributed by atoms with Crippen LogP contribution in [0.3, 0.4) is 0 Å². The number of carbonyl (C=O) groups is 1. The van der Waals surface area contributed by atoms with Crippen molar-refractivity contribution in [1.29, 1.82) is 0 Å². The van der Waals surface area contributed by atoms with E-state index in [4.69, 9.17) is 10.9 Å². The molecule has 1 saturated carbocycles. The number of hydrogen-bond acceptors (Lipinski definition) is 3. The third-order valence-corrected chi connectivity index (χ3v) is 4.78. The number of hydrogen-bond donors (Lipinski definition) is 2. The Balaban J connectivity index is 2.19. The zero-order chi connectivity index (χ0) is 14.8. The Hall–Kier alpha value is -1.26. The van der Waals surface area contributed by atoms with Gasteiger partial charge in [0.1, 0.15) is 0 Å². The van der Waals surface area contributed by atoms with Gasteiger partial charge >= 0.3 is 0 Å². The fourth-order valence-corrected chi connectivity index (χ4v) is 4.03. The normalized spacial score (nSPS) is 26.4. The van der Waals surface area contributed by atoms with Crippen LogP contribution in [-0.2, 0) is 4.79 Å².